The van der Waals surface area contributed by atoms with Crippen LogP contribution < -0.4 is 33.4 Å². The average molecular weight is 435 g/mol. The maximum Gasteiger partial charge on any atom is 0.251 e. The van der Waals surface area contributed by atoms with E-state index in [1.165, 1.54) is 6.21 Å². The molecule has 0 fully saturated rings. The minimum atomic E-state index is -0.155. The lowest BCUT2D eigenvalue weighted by Crippen LogP contribution is -2.22. The van der Waals surface area contributed by atoms with Crippen LogP contribution in [0.3, 0.4) is 0 Å². The van der Waals surface area contributed by atoms with Gasteiger partial charge in [-0.25, -0.2) is 10.8 Å². The lowest BCUT2D eigenvalue weighted by atomic mass is 10.1. The molecular formula is C21H26N10O. The molecule has 0 spiro atoms. The van der Waals surface area contributed by atoms with Gasteiger partial charge in [-0.1, -0.05) is 12.1 Å². The molecule has 0 aliphatic heterocycles. The van der Waals surface area contributed by atoms with Crippen LogP contribution in [0.1, 0.15) is 27.0 Å². The Morgan fingerprint density at radius 3 is 2.59 bits per heavy atom. The number of nitrogen functional groups attached to an aromatic ring is 3. The Kier molecular flexibility index (Phi) is 7.38. The number of amides is 1. The second-order valence-corrected chi connectivity index (χ2v) is 7.02. The fraction of sp³-hybridized carbons (Fsp3) is 0.143. The van der Waals surface area contributed by atoms with Gasteiger partial charge in [-0.15, -0.1) is 0 Å². The molecule has 11 N–H and O–H groups in total. The second kappa shape index (κ2) is 10.6. The summed E-state index contributed by atoms with van der Waals surface area (Å²) < 4.78 is 0. The highest BCUT2D eigenvalue weighted by atomic mass is 16.1. The average Bonchev–Trinajstić information content (AvgIpc) is 3.33. The van der Waals surface area contributed by atoms with E-state index in [9.17, 15) is 4.79 Å². The molecule has 0 unspecified atom stereocenters. The van der Waals surface area contributed by atoms with Crippen molar-refractivity contribution in [1.82, 2.24) is 25.8 Å². The van der Waals surface area contributed by atoms with Gasteiger partial charge in [0.1, 0.15) is 5.82 Å². The first-order valence-electron chi connectivity index (χ1n) is 9.79. The highest BCUT2D eigenvalue weighted by molar-refractivity contribution is 5.94. The number of benzene rings is 1. The number of allylic oxidation sites excluding steroid dienone is 1. The van der Waals surface area contributed by atoms with Gasteiger partial charge in [-0.05, 0) is 34.9 Å². The van der Waals surface area contributed by atoms with Gasteiger partial charge in [0, 0.05) is 49.2 Å². The number of hydrogen-bond acceptors (Lipinski definition) is 9. The zero-order chi connectivity index (χ0) is 22.9. The van der Waals surface area contributed by atoms with Crippen LogP contribution in [-0.2, 0) is 19.5 Å². The first kappa shape index (κ1) is 22.3. The molecule has 0 radical (unpaired) electrons. The number of nitrogens with one attached hydrogen (secondary N) is 5. The number of anilines is 3. The van der Waals surface area contributed by atoms with Gasteiger partial charge in [0.2, 0.25) is 0 Å². The zero-order valence-electron chi connectivity index (χ0n) is 17.4. The first-order chi connectivity index (χ1) is 15.5. The number of rotatable bonds is 10. The van der Waals surface area contributed by atoms with Crippen molar-refractivity contribution in [3.8, 4) is 0 Å². The Bertz CT molecular complexity index is 1090. The van der Waals surface area contributed by atoms with Crippen molar-refractivity contribution in [2.75, 3.05) is 16.9 Å². The predicted molar refractivity (Wildman–Crippen MR) is 124 cm³/mol. The molecule has 0 aliphatic carbocycles. The van der Waals surface area contributed by atoms with E-state index in [-0.39, 0.29) is 11.7 Å². The Balaban J connectivity index is 1.55. The molecule has 2 heterocycles. The molecular weight excluding hydrogens is 408 g/mol. The summed E-state index contributed by atoms with van der Waals surface area (Å²) in [6.45, 7) is 0.935. The number of H-pyrrole nitrogens is 1. The number of aromatic nitrogens is 3. The molecule has 1 amide bonds. The van der Waals surface area contributed by atoms with Crippen LogP contribution in [0, 0.1) is 5.41 Å². The van der Waals surface area contributed by atoms with Crippen molar-refractivity contribution in [3.05, 3.63) is 76.8 Å². The number of aromatic amines is 1. The van der Waals surface area contributed by atoms with Crippen LogP contribution in [0.5, 0.6) is 0 Å². The quantitative estimate of drug-likeness (QED) is 0.131. The molecule has 0 saturated carbocycles. The van der Waals surface area contributed by atoms with Crippen molar-refractivity contribution in [3.63, 3.8) is 0 Å². The third-order valence-electron chi connectivity index (χ3n) is 4.70. The number of carbonyl (C=O) groups is 1. The number of hydrazine groups is 1. The van der Waals surface area contributed by atoms with E-state index in [0.717, 1.165) is 11.1 Å². The summed E-state index contributed by atoms with van der Waals surface area (Å²) in [6.07, 6.45) is 6.77. The fourth-order valence-corrected chi connectivity index (χ4v) is 2.98. The minimum Gasteiger partial charge on any atom is -0.395 e. The SMILES string of the molecule is N=C/C(=C\NCc1ccc(C(=O)NCc2cn[nH]c2)cc1)Cc1cc(N)nc(NN)c1N. The number of nitrogens with zero attached hydrogens (tertiary/aromatic N) is 2. The van der Waals surface area contributed by atoms with Crippen molar-refractivity contribution < 1.29 is 4.79 Å². The van der Waals surface area contributed by atoms with Crippen LogP contribution in [0.2, 0.25) is 0 Å². The third kappa shape index (κ3) is 5.83. The molecule has 32 heavy (non-hydrogen) atoms. The lowest BCUT2D eigenvalue weighted by Gasteiger charge is -2.12. The van der Waals surface area contributed by atoms with E-state index in [2.05, 4.69) is 31.2 Å². The molecule has 11 heteroatoms. The molecule has 11 nitrogen and oxygen atoms in total. The molecule has 0 aliphatic rings. The Labute approximate surface area is 185 Å². The van der Waals surface area contributed by atoms with Crippen LogP contribution in [0.15, 0.2) is 54.5 Å². The number of carbonyl (C=O) groups excluding carboxylic acids is 1. The van der Waals surface area contributed by atoms with Crippen LogP contribution in [0.25, 0.3) is 0 Å². The van der Waals surface area contributed by atoms with E-state index >= 15 is 0 Å². The maximum absolute atomic E-state index is 12.2. The van der Waals surface area contributed by atoms with Crippen molar-refractivity contribution in [2.24, 2.45) is 5.84 Å². The Morgan fingerprint density at radius 1 is 1.16 bits per heavy atom. The van der Waals surface area contributed by atoms with Gasteiger partial charge >= 0.3 is 0 Å². The molecule has 0 saturated heterocycles. The van der Waals surface area contributed by atoms with E-state index in [1.54, 1.807) is 36.8 Å². The molecule has 2 aromatic heterocycles. The summed E-state index contributed by atoms with van der Waals surface area (Å²) in [4.78, 5) is 16.3. The molecule has 166 valence electrons. The molecule has 3 aromatic rings. The highest BCUT2D eigenvalue weighted by Gasteiger charge is 2.10. The number of nitrogens with two attached hydrogens (primary N) is 3. The minimum absolute atomic E-state index is 0.155. The molecule has 0 bridgehead atoms. The lowest BCUT2D eigenvalue weighted by molar-refractivity contribution is 0.0951. The summed E-state index contributed by atoms with van der Waals surface area (Å²) in [5.41, 5.74) is 18.5. The van der Waals surface area contributed by atoms with E-state index in [4.69, 9.17) is 22.7 Å². The molecule has 0 atom stereocenters. The standard InChI is InChI=1S/C21H26N10O/c22-7-14(5-17-6-18(23)30-20(31-25)19(17)24)9-26-8-13-1-3-16(4-2-13)21(32)27-10-15-11-28-29-12-15/h1-4,6-7,9,11-12,22,26H,5,8,10,24-25H2,(H,27,32)(H,28,29)(H3,23,30,31)/b14-9-,22-7?. The summed E-state index contributed by atoms with van der Waals surface area (Å²) >= 11 is 0. The third-order valence-corrected chi connectivity index (χ3v) is 4.70. The Morgan fingerprint density at radius 2 is 1.94 bits per heavy atom. The fourth-order valence-electron chi connectivity index (χ4n) is 2.98. The smallest absolute Gasteiger partial charge is 0.251 e. The van der Waals surface area contributed by atoms with Crippen LogP contribution >= 0.6 is 0 Å². The number of pyridine rings is 1. The van der Waals surface area contributed by atoms with Gasteiger partial charge in [-0.3, -0.25) is 9.89 Å². The largest absolute Gasteiger partial charge is 0.395 e. The van der Waals surface area contributed by atoms with E-state index < -0.39 is 0 Å². The van der Waals surface area contributed by atoms with Crippen LogP contribution in [0.4, 0.5) is 17.3 Å². The van der Waals surface area contributed by atoms with E-state index in [0.29, 0.717) is 47.7 Å². The topological polar surface area (TPSA) is 197 Å². The van der Waals surface area contributed by atoms with Gasteiger partial charge in [0.25, 0.3) is 5.91 Å². The van der Waals surface area contributed by atoms with Gasteiger partial charge < -0.3 is 32.9 Å². The van der Waals surface area contributed by atoms with Gasteiger partial charge in [0.15, 0.2) is 5.82 Å². The maximum atomic E-state index is 12.2. The van der Waals surface area contributed by atoms with Gasteiger partial charge in [-0.2, -0.15) is 5.10 Å². The Hall–Kier alpha value is -4.38. The summed E-state index contributed by atoms with van der Waals surface area (Å²) in [5, 5.41) is 20.2. The highest BCUT2D eigenvalue weighted by Crippen LogP contribution is 2.24. The van der Waals surface area contributed by atoms with Crippen molar-refractivity contribution >= 4 is 29.4 Å². The zero-order valence-corrected chi connectivity index (χ0v) is 17.4. The summed E-state index contributed by atoms with van der Waals surface area (Å²) in [6, 6.07) is 8.94. The summed E-state index contributed by atoms with van der Waals surface area (Å²) in [7, 11) is 0. The van der Waals surface area contributed by atoms with Crippen molar-refractivity contribution in [1.29, 1.82) is 5.41 Å². The second-order valence-electron chi connectivity index (χ2n) is 7.02. The molecule has 3 rings (SSSR count). The van der Waals surface area contributed by atoms with Gasteiger partial charge in [0.05, 0.1) is 11.9 Å². The van der Waals surface area contributed by atoms with Crippen molar-refractivity contribution in [2.45, 2.75) is 19.5 Å². The number of hydrogen-bond donors (Lipinski definition) is 8. The summed E-state index contributed by atoms with van der Waals surface area (Å²) in [5.74, 6) is 5.84. The van der Waals surface area contributed by atoms with E-state index in [1.807, 2.05) is 12.1 Å². The normalized spacial score (nSPS) is 11.1. The predicted octanol–water partition coefficient (Wildman–Crippen LogP) is 1.05. The first-order valence-corrected chi connectivity index (χ1v) is 9.79. The monoisotopic (exact) mass is 434 g/mol. The molecule has 1 aromatic carbocycles. The van der Waals surface area contributed by atoms with Crippen LogP contribution in [-0.4, -0.2) is 27.3 Å².